The number of benzene rings is 1. The molecule has 16 heavy (non-hydrogen) atoms. The maximum atomic E-state index is 5.96. The third-order valence-corrected chi connectivity index (χ3v) is 3.47. The smallest absolute Gasteiger partial charge is 0.134 e. The fraction of sp³-hybridized carbons (Fsp3) is 0.385. The van der Waals surface area contributed by atoms with Gasteiger partial charge in [-0.25, -0.2) is 0 Å². The highest BCUT2D eigenvalue weighted by Gasteiger charge is 2.18. The summed E-state index contributed by atoms with van der Waals surface area (Å²) in [6, 6.07) is 7.92. The highest BCUT2D eigenvalue weighted by atomic mass is 35.5. The molecular weight excluding hydrogens is 222 g/mol. The molecule has 0 unspecified atom stereocenters. The lowest BCUT2D eigenvalue weighted by Gasteiger charge is -2.20. The van der Waals surface area contributed by atoms with Gasteiger partial charge in [0.2, 0.25) is 0 Å². The van der Waals surface area contributed by atoms with Crippen LogP contribution in [0.5, 0.6) is 0 Å². The van der Waals surface area contributed by atoms with Gasteiger partial charge in [-0.2, -0.15) is 0 Å². The molecule has 1 aliphatic heterocycles. The lowest BCUT2D eigenvalue weighted by Crippen LogP contribution is -2.26. The summed E-state index contributed by atoms with van der Waals surface area (Å²) in [5.74, 6) is 1.67. The van der Waals surface area contributed by atoms with E-state index in [0.717, 1.165) is 47.7 Å². The number of halogens is 1. The van der Waals surface area contributed by atoms with Crippen molar-refractivity contribution in [3.05, 3.63) is 35.0 Å². The molecule has 1 aromatic carbocycles. The number of hydrogen-bond donors (Lipinski definition) is 1. The zero-order valence-electron chi connectivity index (χ0n) is 9.00. The SMILES string of the molecule is Clc1ccc2oc(C3CCNCC3)cc2c1. The van der Waals surface area contributed by atoms with Gasteiger partial charge in [0.15, 0.2) is 0 Å². The van der Waals surface area contributed by atoms with Crippen molar-refractivity contribution in [3.63, 3.8) is 0 Å². The number of piperidine rings is 1. The molecule has 1 aromatic heterocycles. The van der Waals surface area contributed by atoms with Crippen molar-refractivity contribution in [2.24, 2.45) is 0 Å². The fourth-order valence-electron chi connectivity index (χ4n) is 2.34. The van der Waals surface area contributed by atoms with Crippen LogP contribution in [0, 0.1) is 0 Å². The van der Waals surface area contributed by atoms with Gasteiger partial charge in [-0.1, -0.05) is 11.6 Å². The van der Waals surface area contributed by atoms with Crippen LogP contribution in [0.4, 0.5) is 0 Å². The number of rotatable bonds is 1. The summed E-state index contributed by atoms with van der Waals surface area (Å²) in [6.45, 7) is 2.17. The Hall–Kier alpha value is -0.990. The van der Waals surface area contributed by atoms with Gasteiger partial charge in [0.1, 0.15) is 11.3 Å². The van der Waals surface area contributed by atoms with Crippen LogP contribution < -0.4 is 5.32 Å². The zero-order chi connectivity index (χ0) is 11.0. The third-order valence-electron chi connectivity index (χ3n) is 3.24. The topological polar surface area (TPSA) is 25.2 Å². The van der Waals surface area contributed by atoms with Crippen molar-refractivity contribution in [2.45, 2.75) is 18.8 Å². The molecule has 0 atom stereocenters. The van der Waals surface area contributed by atoms with Gasteiger partial charge in [0, 0.05) is 16.3 Å². The van der Waals surface area contributed by atoms with Crippen molar-refractivity contribution >= 4 is 22.6 Å². The van der Waals surface area contributed by atoms with Crippen LogP contribution in [-0.4, -0.2) is 13.1 Å². The van der Waals surface area contributed by atoms with Crippen LogP contribution in [0.1, 0.15) is 24.5 Å². The van der Waals surface area contributed by atoms with Gasteiger partial charge in [0.25, 0.3) is 0 Å². The molecule has 1 saturated heterocycles. The highest BCUT2D eigenvalue weighted by Crippen LogP contribution is 2.31. The standard InChI is InChI=1S/C13H14ClNO/c14-11-1-2-12-10(7-11)8-13(16-12)9-3-5-15-6-4-9/h1-2,7-9,15H,3-6H2. The summed E-state index contributed by atoms with van der Waals surface area (Å²) < 4.78 is 5.88. The Bertz CT molecular complexity index is 500. The molecule has 1 aliphatic rings. The quantitative estimate of drug-likeness (QED) is 0.818. The Morgan fingerprint density at radius 2 is 2.00 bits per heavy atom. The van der Waals surface area contributed by atoms with Crippen molar-refractivity contribution in [2.75, 3.05) is 13.1 Å². The first kappa shape index (κ1) is 10.2. The normalized spacial score (nSPS) is 18.1. The molecule has 1 N–H and O–H groups in total. The molecule has 2 nitrogen and oxygen atoms in total. The van der Waals surface area contributed by atoms with Crippen LogP contribution in [0.15, 0.2) is 28.7 Å². The Morgan fingerprint density at radius 1 is 1.19 bits per heavy atom. The Balaban J connectivity index is 1.97. The third kappa shape index (κ3) is 1.83. The van der Waals surface area contributed by atoms with E-state index < -0.39 is 0 Å². The van der Waals surface area contributed by atoms with Crippen LogP contribution >= 0.6 is 11.6 Å². The van der Waals surface area contributed by atoms with Gasteiger partial charge in [-0.05, 0) is 50.2 Å². The van der Waals surface area contributed by atoms with Gasteiger partial charge < -0.3 is 9.73 Å². The highest BCUT2D eigenvalue weighted by molar-refractivity contribution is 6.31. The monoisotopic (exact) mass is 235 g/mol. The van der Waals surface area contributed by atoms with Crippen LogP contribution in [0.3, 0.4) is 0 Å². The molecule has 0 saturated carbocycles. The van der Waals surface area contributed by atoms with Gasteiger partial charge in [-0.3, -0.25) is 0 Å². The molecule has 1 fully saturated rings. The summed E-state index contributed by atoms with van der Waals surface area (Å²) >= 11 is 5.96. The first-order valence-corrected chi connectivity index (χ1v) is 6.10. The summed E-state index contributed by atoms with van der Waals surface area (Å²) in [7, 11) is 0. The molecule has 0 radical (unpaired) electrons. The van der Waals surface area contributed by atoms with Gasteiger partial charge in [-0.15, -0.1) is 0 Å². The van der Waals surface area contributed by atoms with Crippen molar-refractivity contribution < 1.29 is 4.42 Å². The predicted octanol–water partition coefficient (Wildman–Crippen LogP) is 3.55. The summed E-state index contributed by atoms with van der Waals surface area (Å²) in [5, 5.41) is 5.25. The van der Waals surface area contributed by atoms with Crippen molar-refractivity contribution in [1.82, 2.24) is 5.32 Å². The molecule has 2 aromatic rings. The number of furan rings is 1. The minimum absolute atomic E-state index is 0.562. The van der Waals surface area contributed by atoms with E-state index in [0.29, 0.717) is 5.92 Å². The van der Waals surface area contributed by atoms with E-state index >= 15 is 0 Å². The van der Waals surface area contributed by atoms with E-state index in [4.69, 9.17) is 16.0 Å². The molecule has 3 heteroatoms. The number of hydrogen-bond acceptors (Lipinski definition) is 2. The van der Waals surface area contributed by atoms with E-state index in [1.165, 1.54) is 0 Å². The molecular formula is C13H14ClNO. The maximum Gasteiger partial charge on any atom is 0.134 e. The first-order valence-electron chi connectivity index (χ1n) is 5.72. The molecule has 84 valence electrons. The average molecular weight is 236 g/mol. The lowest BCUT2D eigenvalue weighted by atomic mass is 9.95. The van der Waals surface area contributed by atoms with Gasteiger partial charge in [0.05, 0.1) is 0 Å². The van der Waals surface area contributed by atoms with Crippen LogP contribution in [0.2, 0.25) is 5.02 Å². The van der Waals surface area contributed by atoms with E-state index in [-0.39, 0.29) is 0 Å². The Kier molecular flexibility index (Phi) is 2.62. The second kappa shape index (κ2) is 4.11. The van der Waals surface area contributed by atoms with E-state index in [1.54, 1.807) is 0 Å². The predicted molar refractivity (Wildman–Crippen MR) is 66.1 cm³/mol. The van der Waals surface area contributed by atoms with Crippen LogP contribution in [0.25, 0.3) is 11.0 Å². The van der Waals surface area contributed by atoms with Crippen LogP contribution in [-0.2, 0) is 0 Å². The van der Waals surface area contributed by atoms with Gasteiger partial charge >= 0.3 is 0 Å². The fourth-order valence-corrected chi connectivity index (χ4v) is 2.52. The minimum Gasteiger partial charge on any atom is -0.461 e. The molecule has 0 spiro atoms. The average Bonchev–Trinajstić information content (AvgIpc) is 2.73. The molecule has 0 amide bonds. The largest absolute Gasteiger partial charge is 0.461 e. The molecule has 3 rings (SSSR count). The second-order valence-corrected chi connectivity index (χ2v) is 4.79. The van der Waals surface area contributed by atoms with E-state index in [1.807, 2.05) is 18.2 Å². The summed E-state index contributed by atoms with van der Waals surface area (Å²) in [5.41, 5.74) is 0.943. The van der Waals surface area contributed by atoms with E-state index in [9.17, 15) is 0 Å². The summed E-state index contributed by atoms with van der Waals surface area (Å²) in [4.78, 5) is 0. The summed E-state index contributed by atoms with van der Waals surface area (Å²) in [6.07, 6.45) is 2.32. The molecule has 0 aliphatic carbocycles. The maximum absolute atomic E-state index is 5.96. The molecule has 0 bridgehead atoms. The number of fused-ring (bicyclic) bond motifs is 1. The second-order valence-electron chi connectivity index (χ2n) is 4.36. The first-order chi connectivity index (χ1) is 7.83. The zero-order valence-corrected chi connectivity index (χ0v) is 9.76. The molecule has 2 heterocycles. The van der Waals surface area contributed by atoms with E-state index in [2.05, 4.69) is 11.4 Å². The van der Waals surface area contributed by atoms with Crippen molar-refractivity contribution in [3.8, 4) is 0 Å². The van der Waals surface area contributed by atoms with Crippen molar-refractivity contribution in [1.29, 1.82) is 0 Å². The lowest BCUT2D eigenvalue weighted by molar-refractivity contribution is 0.397. The minimum atomic E-state index is 0.562. The number of nitrogens with one attached hydrogen (secondary N) is 1. The Labute approximate surface area is 99.6 Å². The Morgan fingerprint density at radius 3 is 2.81 bits per heavy atom.